The number of hydrogen-bond acceptors (Lipinski definition) is 7. The van der Waals surface area contributed by atoms with Gasteiger partial charge in [-0.05, 0) is 31.0 Å². The summed E-state index contributed by atoms with van der Waals surface area (Å²) < 4.78 is 15.9. The number of carbonyl (C=O) groups is 2. The summed E-state index contributed by atoms with van der Waals surface area (Å²) >= 11 is 0. The molecule has 0 saturated carbocycles. The molecule has 2 saturated heterocycles. The van der Waals surface area contributed by atoms with Gasteiger partial charge in [-0.25, -0.2) is 4.79 Å². The number of hydrogen-bond donors (Lipinski definition) is 2. The van der Waals surface area contributed by atoms with E-state index in [2.05, 4.69) is 5.32 Å². The van der Waals surface area contributed by atoms with Gasteiger partial charge in [0.25, 0.3) is 0 Å². The molecule has 0 spiro atoms. The van der Waals surface area contributed by atoms with Gasteiger partial charge >= 0.3 is 6.09 Å². The molecule has 9 heteroatoms. The minimum atomic E-state index is -0.427. The van der Waals surface area contributed by atoms with Crippen LogP contribution in [0.25, 0.3) is 5.57 Å². The van der Waals surface area contributed by atoms with Crippen LogP contribution >= 0.6 is 0 Å². The molecular weight excluding hydrogens is 412 g/mol. The van der Waals surface area contributed by atoms with Crippen molar-refractivity contribution in [3.05, 3.63) is 30.0 Å². The van der Waals surface area contributed by atoms with Crippen LogP contribution in [-0.4, -0.2) is 69.9 Å². The van der Waals surface area contributed by atoms with Crippen LogP contribution in [0.4, 0.5) is 16.2 Å². The number of allylic oxidation sites excluding steroid dienone is 1. The molecule has 0 bridgehead atoms. The lowest BCUT2D eigenvalue weighted by Gasteiger charge is -2.40. The summed E-state index contributed by atoms with van der Waals surface area (Å²) in [6.07, 6.45) is 3.41. The number of anilines is 2. The summed E-state index contributed by atoms with van der Waals surface area (Å²) in [4.78, 5) is 28.6. The zero-order chi connectivity index (χ0) is 22.7. The minimum absolute atomic E-state index is 0.0843. The molecule has 3 aliphatic heterocycles. The first-order valence-electron chi connectivity index (χ1n) is 11.0. The fourth-order valence-electron chi connectivity index (χ4n) is 4.05. The summed E-state index contributed by atoms with van der Waals surface area (Å²) in [6, 6.07) is 5.59. The highest BCUT2D eigenvalue weighted by molar-refractivity contribution is 6.10. The molecule has 0 aliphatic carbocycles. The Balaban J connectivity index is 1.58. The van der Waals surface area contributed by atoms with Gasteiger partial charge in [-0.15, -0.1) is 0 Å². The largest absolute Gasteiger partial charge is 0.449 e. The van der Waals surface area contributed by atoms with Crippen molar-refractivity contribution in [1.82, 2.24) is 5.32 Å². The van der Waals surface area contributed by atoms with E-state index in [1.807, 2.05) is 25.1 Å². The topological polar surface area (TPSA) is 104 Å². The van der Waals surface area contributed by atoms with Gasteiger partial charge in [-0.1, -0.05) is 6.07 Å². The highest BCUT2D eigenvalue weighted by Crippen LogP contribution is 2.38. The van der Waals surface area contributed by atoms with E-state index in [1.54, 1.807) is 16.0 Å². The third-order valence-electron chi connectivity index (χ3n) is 6.03. The molecule has 172 valence electrons. The molecule has 0 radical (unpaired) electrons. The van der Waals surface area contributed by atoms with E-state index >= 15 is 0 Å². The normalized spacial score (nSPS) is 21.3. The molecule has 2 N–H and O–H groups in total. The fourth-order valence-corrected chi connectivity index (χ4v) is 4.05. The van der Waals surface area contributed by atoms with Gasteiger partial charge in [0.1, 0.15) is 0 Å². The predicted molar refractivity (Wildman–Crippen MR) is 121 cm³/mol. The number of ether oxygens (including phenoxy) is 3. The monoisotopic (exact) mass is 442 g/mol. The maximum Gasteiger partial charge on any atom is 0.414 e. The number of fused-ring (bicyclic) bond motifs is 1. The van der Waals surface area contributed by atoms with Crippen LogP contribution in [0.2, 0.25) is 0 Å². The van der Waals surface area contributed by atoms with Gasteiger partial charge in [-0.3, -0.25) is 9.69 Å². The van der Waals surface area contributed by atoms with Gasteiger partial charge in [-0.2, -0.15) is 0 Å². The van der Waals surface area contributed by atoms with Gasteiger partial charge in [0.2, 0.25) is 5.91 Å². The summed E-state index contributed by atoms with van der Waals surface area (Å²) in [5, 5.41) is 11.1. The molecule has 3 heterocycles. The zero-order valence-electron chi connectivity index (χ0n) is 18.5. The second-order valence-corrected chi connectivity index (χ2v) is 8.50. The Morgan fingerprint density at radius 1 is 1.22 bits per heavy atom. The molecule has 4 rings (SSSR count). The lowest BCUT2D eigenvalue weighted by atomic mass is 10.0. The van der Waals surface area contributed by atoms with Crippen LogP contribution < -0.4 is 15.1 Å². The number of rotatable bonds is 7. The number of amides is 2. The van der Waals surface area contributed by atoms with Crippen LogP contribution in [0.1, 0.15) is 25.8 Å². The number of carbonyl (C=O) groups excluding carboxylic acids is 2. The number of nitrogens with one attached hydrogen (secondary N) is 2. The highest BCUT2D eigenvalue weighted by Gasteiger charge is 2.35. The van der Waals surface area contributed by atoms with E-state index in [9.17, 15) is 9.59 Å². The van der Waals surface area contributed by atoms with E-state index in [4.69, 9.17) is 19.6 Å². The maximum absolute atomic E-state index is 13.0. The summed E-state index contributed by atoms with van der Waals surface area (Å²) in [7, 11) is 0. The Hall–Kier alpha value is -2.91. The SMILES string of the molecule is CC(=O)N1c2ccc(/C(C=N)=C/NC3COC3)cc2N(C(=O)OCCC2COC2)CC1C. The Morgan fingerprint density at radius 3 is 2.56 bits per heavy atom. The lowest BCUT2D eigenvalue weighted by molar-refractivity contribution is -0.117. The van der Waals surface area contributed by atoms with Crippen molar-refractivity contribution in [2.75, 3.05) is 49.4 Å². The summed E-state index contributed by atoms with van der Waals surface area (Å²) in [6.45, 7) is 6.84. The predicted octanol–water partition coefficient (Wildman–Crippen LogP) is 2.40. The van der Waals surface area contributed by atoms with Crippen molar-refractivity contribution in [3.8, 4) is 0 Å². The van der Waals surface area contributed by atoms with Gasteiger partial charge in [0.05, 0.1) is 56.5 Å². The molecule has 1 unspecified atom stereocenters. The van der Waals surface area contributed by atoms with E-state index < -0.39 is 6.09 Å². The third kappa shape index (κ3) is 4.63. The molecule has 2 fully saturated rings. The number of benzene rings is 1. The van der Waals surface area contributed by atoms with E-state index in [0.29, 0.717) is 49.2 Å². The third-order valence-corrected chi connectivity index (χ3v) is 6.03. The summed E-state index contributed by atoms with van der Waals surface area (Å²) in [5.41, 5.74) is 2.71. The maximum atomic E-state index is 13.0. The minimum Gasteiger partial charge on any atom is -0.449 e. The first-order chi connectivity index (χ1) is 15.5. The van der Waals surface area contributed by atoms with Gasteiger partial charge in [0, 0.05) is 37.4 Å². The second kappa shape index (κ2) is 9.70. The van der Waals surface area contributed by atoms with Gasteiger partial charge < -0.3 is 29.8 Å². The molecule has 32 heavy (non-hydrogen) atoms. The highest BCUT2D eigenvalue weighted by atomic mass is 16.6. The van der Waals surface area contributed by atoms with Crippen LogP contribution in [0.3, 0.4) is 0 Å². The van der Waals surface area contributed by atoms with Crippen molar-refractivity contribution in [3.63, 3.8) is 0 Å². The average Bonchev–Trinajstić information content (AvgIpc) is 2.70. The van der Waals surface area contributed by atoms with E-state index in [0.717, 1.165) is 25.2 Å². The molecule has 1 atom stereocenters. The lowest BCUT2D eigenvalue weighted by Crippen LogP contribution is -2.51. The van der Waals surface area contributed by atoms with Gasteiger partial charge in [0.15, 0.2) is 0 Å². The van der Waals surface area contributed by atoms with Crippen LogP contribution in [0.5, 0.6) is 0 Å². The number of nitrogens with zero attached hydrogens (tertiary/aromatic N) is 2. The van der Waals surface area contributed by atoms with Crippen molar-refractivity contribution in [2.24, 2.45) is 5.92 Å². The molecule has 1 aromatic rings. The van der Waals surface area contributed by atoms with Crippen molar-refractivity contribution in [1.29, 1.82) is 5.41 Å². The second-order valence-electron chi connectivity index (χ2n) is 8.50. The van der Waals surface area contributed by atoms with Crippen LogP contribution in [0, 0.1) is 11.3 Å². The quantitative estimate of drug-likeness (QED) is 0.629. The summed E-state index contributed by atoms with van der Waals surface area (Å²) in [5.74, 6) is 0.364. The first kappa shape index (κ1) is 22.3. The Labute approximate surface area is 187 Å². The van der Waals surface area contributed by atoms with Crippen LogP contribution in [-0.2, 0) is 19.0 Å². The fraction of sp³-hybridized carbons (Fsp3) is 0.522. The molecule has 0 aromatic heterocycles. The van der Waals surface area contributed by atoms with Crippen molar-refractivity contribution >= 4 is 35.2 Å². The zero-order valence-corrected chi connectivity index (χ0v) is 18.5. The molecule has 3 aliphatic rings. The molecule has 2 amide bonds. The van der Waals surface area contributed by atoms with Crippen LogP contribution in [0.15, 0.2) is 24.4 Å². The van der Waals surface area contributed by atoms with E-state index in [1.165, 1.54) is 13.1 Å². The van der Waals surface area contributed by atoms with Crippen molar-refractivity contribution in [2.45, 2.75) is 32.4 Å². The molecular formula is C23H30N4O5. The molecule has 1 aromatic carbocycles. The Kier molecular flexibility index (Phi) is 6.76. The van der Waals surface area contributed by atoms with Crippen molar-refractivity contribution < 1.29 is 23.8 Å². The molecule has 9 nitrogen and oxygen atoms in total. The Morgan fingerprint density at radius 2 is 1.97 bits per heavy atom. The first-order valence-corrected chi connectivity index (χ1v) is 11.0. The average molecular weight is 443 g/mol. The standard InChI is InChI=1S/C23H30N4O5/c1-15-10-26(23(29)32-6-5-17-11-30-12-17)22-7-18(3-4-21(22)27(15)16(2)28)19(8-24)9-25-20-13-31-14-20/h3-4,7-9,15,17,20,24-25H,5-6,10-14H2,1-2H3/b19-9+,24-8?. The smallest absolute Gasteiger partial charge is 0.414 e. The van der Waals surface area contributed by atoms with E-state index in [-0.39, 0.29) is 18.0 Å². The Bertz CT molecular complexity index is 910.